The van der Waals surface area contributed by atoms with Gasteiger partial charge in [0.1, 0.15) is 40.3 Å². The van der Waals surface area contributed by atoms with Gasteiger partial charge >= 0.3 is 12.1 Å². The summed E-state index contributed by atoms with van der Waals surface area (Å²) in [7, 11) is 5.32. The predicted molar refractivity (Wildman–Crippen MR) is 290 cm³/mol. The number of alkyl carbamates (subject to hydrolysis) is 1. The highest BCUT2D eigenvalue weighted by Gasteiger charge is 2.64. The number of sulfonamides is 1. The minimum atomic E-state index is -3.97. The van der Waals surface area contributed by atoms with Crippen LogP contribution in [0.1, 0.15) is 91.0 Å². The molecule has 4 heterocycles. The number of halogens is 2. The SMILES string of the molecule is COc1cc2cc(c1Cl)N(C)C(=O)C[C@H](OC(=O)[C@H](C)N(C)C(=O)CCSCCC(=O)N(C)CCN(C)C(=O)CCCCCN1C(=O)C=C(Cl)S1(=O)=O)[C@]1(C)O[C@H]1[C@H](C)[C@@H]1C[C@](O)(C[C@H](OC)/C=C/C=C(\C)C2)NC(=O)O1. The van der Waals surface area contributed by atoms with E-state index in [1.54, 1.807) is 53.2 Å². The lowest BCUT2D eigenvalue weighted by Gasteiger charge is -2.40. The molecule has 0 saturated carbocycles. The molecule has 4 bridgehead atoms. The maximum Gasteiger partial charge on any atom is 0.409 e. The van der Waals surface area contributed by atoms with Gasteiger partial charge in [0.25, 0.3) is 15.9 Å². The average molecular weight is 1160 g/mol. The van der Waals surface area contributed by atoms with E-state index in [2.05, 4.69) is 5.32 Å². The number of carbonyl (C=O) groups is 7. The van der Waals surface area contributed by atoms with Crippen molar-refractivity contribution in [2.45, 2.75) is 134 Å². The smallest absolute Gasteiger partial charge is 0.409 e. The summed E-state index contributed by atoms with van der Waals surface area (Å²) >= 11 is 13.9. The van der Waals surface area contributed by atoms with Gasteiger partial charge in [0.05, 0.1) is 31.4 Å². The summed E-state index contributed by atoms with van der Waals surface area (Å²) in [6.45, 7) is 7.49. The molecule has 1 aromatic carbocycles. The minimum Gasteiger partial charge on any atom is -0.495 e. The molecule has 428 valence electrons. The zero-order valence-electron chi connectivity index (χ0n) is 45.5. The molecule has 77 heavy (non-hydrogen) atoms. The number of unbranched alkanes of at least 4 members (excludes halogenated alkanes) is 2. The number of rotatable bonds is 20. The molecule has 0 aromatic heterocycles. The molecule has 2 N–H and O–H groups in total. The molecule has 0 spiro atoms. The van der Waals surface area contributed by atoms with Crippen molar-refractivity contribution in [2.24, 2.45) is 5.92 Å². The summed E-state index contributed by atoms with van der Waals surface area (Å²) in [6, 6.07) is 2.47. The summed E-state index contributed by atoms with van der Waals surface area (Å²) < 4.78 is 53.9. The summed E-state index contributed by atoms with van der Waals surface area (Å²) in [5.74, 6) is -2.05. The Morgan fingerprint density at radius 2 is 1.62 bits per heavy atom. The summed E-state index contributed by atoms with van der Waals surface area (Å²) in [5, 5.41) is 14.5. The molecule has 0 radical (unpaired) electrons. The number of esters is 1. The fraction of sp³-hybridized carbons (Fsp3) is 0.635. The predicted octanol–water partition coefficient (Wildman–Crippen LogP) is 5.15. The number of likely N-dealkylation sites (N-methyl/N-ethyl adjacent to an activating group) is 3. The third-order valence-corrected chi connectivity index (χ3v) is 18.2. The Morgan fingerprint density at radius 1 is 0.974 bits per heavy atom. The van der Waals surface area contributed by atoms with Gasteiger partial charge in [0.2, 0.25) is 23.6 Å². The largest absolute Gasteiger partial charge is 0.495 e. The van der Waals surface area contributed by atoms with Crippen molar-refractivity contribution in [3.05, 3.63) is 57.0 Å². The first-order valence-corrected chi connectivity index (χ1v) is 28.9. The van der Waals surface area contributed by atoms with Gasteiger partial charge in [0.15, 0.2) is 4.36 Å². The lowest BCUT2D eigenvalue weighted by Crippen LogP contribution is -2.59. The average Bonchev–Trinajstić information content (AvgIpc) is 4.06. The Bertz CT molecular complexity index is 2590. The molecule has 2 fully saturated rings. The standard InChI is InChI=1S/C52H74Cl2N6O15S2/c1-32-15-14-16-36(71-9)30-52(68)31-39(73-50(67)55-52)33(2)48-51(4,75-48)40(28-45(64)59(8)37-26-35(25-32)27-38(72-10)47(37)54)74-49(66)34(3)58(7)44(63)19-24-76-23-18-43(62)57(6)22-21-56(5)42(61)17-12-11-13-20-60-46(65)29-41(53)77(60,69)70/h14-16,26-27,29,33-34,36,39-40,48,68H,11-13,17-25,28,30-31H2,1-10H3,(H,55,67)/b16-14+,32-15+/t33-,34+,36-,39+,40+,48+,51+,52-/m1/s1. The van der Waals surface area contributed by atoms with Gasteiger partial charge in [-0.15, -0.1) is 0 Å². The number of amides is 6. The number of methoxy groups -OCH3 is 2. The van der Waals surface area contributed by atoms with Gasteiger partial charge in [-0.25, -0.2) is 22.3 Å². The van der Waals surface area contributed by atoms with Crippen molar-refractivity contribution in [3.63, 3.8) is 0 Å². The van der Waals surface area contributed by atoms with Crippen LogP contribution < -0.4 is 15.0 Å². The maximum atomic E-state index is 14.4. The highest BCUT2D eigenvalue weighted by Crippen LogP contribution is 2.49. The second kappa shape index (κ2) is 27.3. The Kier molecular flexibility index (Phi) is 22.3. The third-order valence-electron chi connectivity index (χ3n) is 14.5. The van der Waals surface area contributed by atoms with Crippen LogP contribution in [0.25, 0.3) is 0 Å². The van der Waals surface area contributed by atoms with Gasteiger partial charge in [-0.1, -0.05) is 60.3 Å². The normalized spacial score (nSPS) is 26.9. The van der Waals surface area contributed by atoms with Crippen molar-refractivity contribution < 1.29 is 70.8 Å². The van der Waals surface area contributed by atoms with E-state index in [1.807, 2.05) is 19.1 Å². The number of nitrogens with one attached hydrogen (secondary N) is 1. The van der Waals surface area contributed by atoms with Crippen molar-refractivity contribution in [1.82, 2.24) is 24.3 Å². The van der Waals surface area contributed by atoms with Gasteiger partial charge < -0.3 is 48.4 Å². The second-order valence-corrected chi connectivity index (χ2v) is 24.3. The van der Waals surface area contributed by atoms with Gasteiger partial charge in [0, 0.05) is 111 Å². The highest BCUT2D eigenvalue weighted by molar-refractivity contribution is 7.99. The van der Waals surface area contributed by atoms with Crippen LogP contribution in [-0.4, -0.2) is 189 Å². The van der Waals surface area contributed by atoms with Crippen LogP contribution >= 0.6 is 35.0 Å². The van der Waals surface area contributed by atoms with E-state index in [0.29, 0.717) is 61.7 Å². The van der Waals surface area contributed by atoms with E-state index in [-0.39, 0.29) is 67.8 Å². The fourth-order valence-electron chi connectivity index (χ4n) is 9.29. The van der Waals surface area contributed by atoms with Crippen molar-refractivity contribution >= 4 is 92.3 Å². The Hall–Kier alpha value is -4.91. The Labute approximate surface area is 465 Å². The lowest BCUT2D eigenvalue weighted by atomic mass is 9.83. The Morgan fingerprint density at radius 3 is 2.25 bits per heavy atom. The number of thioether (sulfide) groups is 1. The second-order valence-electron chi connectivity index (χ2n) is 20.3. The number of fused-ring (bicyclic) bond motifs is 5. The number of allylic oxidation sites excluding steroid dienone is 3. The number of hydrogen-bond acceptors (Lipinski definition) is 16. The summed E-state index contributed by atoms with van der Waals surface area (Å²) in [4.78, 5) is 98.0. The van der Waals surface area contributed by atoms with Crippen LogP contribution in [0.5, 0.6) is 5.75 Å². The van der Waals surface area contributed by atoms with Crippen molar-refractivity contribution in [2.75, 3.05) is 78.5 Å². The zero-order valence-corrected chi connectivity index (χ0v) is 48.7. The topological polar surface area (TPSA) is 252 Å². The molecular formula is C52H74Cl2N6O15S2. The minimum absolute atomic E-state index is 0.00444. The molecular weight excluding hydrogens is 1080 g/mol. The molecule has 25 heteroatoms. The first-order valence-electron chi connectivity index (χ1n) is 25.5. The molecule has 2 saturated heterocycles. The molecule has 5 rings (SSSR count). The number of benzene rings is 1. The molecule has 0 unspecified atom stereocenters. The Balaban J connectivity index is 1.15. The van der Waals surface area contributed by atoms with E-state index in [1.165, 1.54) is 59.6 Å². The monoisotopic (exact) mass is 1160 g/mol. The summed E-state index contributed by atoms with van der Waals surface area (Å²) in [6.07, 6.45) is 4.04. The number of ether oxygens (including phenoxy) is 5. The van der Waals surface area contributed by atoms with Gasteiger partial charge in [-0.2, -0.15) is 11.8 Å². The fourth-order valence-corrected chi connectivity index (χ4v) is 11.9. The van der Waals surface area contributed by atoms with Crippen LogP contribution in [-0.2, 0) is 64.2 Å². The molecule has 8 atom stereocenters. The van der Waals surface area contributed by atoms with E-state index < -0.39 is 86.0 Å². The first kappa shape index (κ1) is 62.9. The highest BCUT2D eigenvalue weighted by atomic mass is 35.5. The number of nitrogens with zero attached hydrogens (tertiary/aromatic N) is 5. The molecule has 4 aliphatic heterocycles. The number of epoxide rings is 1. The van der Waals surface area contributed by atoms with Crippen LogP contribution in [0, 0.1) is 5.92 Å². The molecule has 1 aromatic rings. The van der Waals surface area contributed by atoms with Crippen LogP contribution in [0.2, 0.25) is 5.02 Å². The van der Waals surface area contributed by atoms with E-state index in [9.17, 15) is 47.1 Å². The number of aliphatic hydroxyl groups is 1. The van der Waals surface area contributed by atoms with Crippen LogP contribution in [0.4, 0.5) is 10.5 Å². The number of carbonyl (C=O) groups excluding carboxylic acids is 7. The van der Waals surface area contributed by atoms with Crippen LogP contribution in [0.15, 0.2) is 46.4 Å². The summed E-state index contributed by atoms with van der Waals surface area (Å²) in [5.41, 5.74) is -0.920. The first-order chi connectivity index (χ1) is 36.2. The van der Waals surface area contributed by atoms with Gasteiger partial charge in [-0.05, 0) is 57.7 Å². The third kappa shape index (κ3) is 16.3. The van der Waals surface area contributed by atoms with E-state index in [0.717, 1.165) is 21.5 Å². The molecule has 21 nitrogen and oxygen atoms in total. The molecule has 6 amide bonds. The van der Waals surface area contributed by atoms with Crippen molar-refractivity contribution in [3.8, 4) is 5.75 Å². The van der Waals surface area contributed by atoms with Crippen molar-refractivity contribution in [1.29, 1.82) is 0 Å². The van der Waals surface area contributed by atoms with Gasteiger partial charge in [-0.3, -0.25) is 29.3 Å². The van der Waals surface area contributed by atoms with E-state index in [4.69, 9.17) is 46.9 Å². The number of anilines is 1. The van der Waals surface area contributed by atoms with Crippen LogP contribution in [0.3, 0.4) is 0 Å². The van der Waals surface area contributed by atoms with E-state index >= 15 is 0 Å². The quantitative estimate of drug-likeness (QED) is 0.0973. The zero-order chi connectivity index (χ0) is 57.2. The molecule has 0 aliphatic carbocycles. The maximum absolute atomic E-state index is 14.4. The number of hydrogen-bond donors (Lipinski definition) is 2. The lowest BCUT2D eigenvalue weighted by molar-refractivity contribution is -0.162. The molecule has 4 aliphatic rings.